The van der Waals surface area contributed by atoms with Crippen molar-refractivity contribution in [3.8, 4) is 11.4 Å². The number of rotatable bonds is 2. The van der Waals surface area contributed by atoms with E-state index in [0.29, 0.717) is 6.04 Å². The fraction of sp³-hybridized carbons (Fsp3) is 0.385. The van der Waals surface area contributed by atoms with Crippen LogP contribution in [0.1, 0.15) is 31.0 Å². The van der Waals surface area contributed by atoms with Crippen molar-refractivity contribution in [1.82, 2.24) is 14.8 Å². The number of hydrogen-bond donors (Lipinski definition) is 0. The zero-order valence-corrected chi connectivity index (χ0v) is 10.2. The summed E-state index contributed by atoms with van der Waals surface area (Å²) in [7, 11) is 0. The molecular weight excluding hydrogens is 198 g/mol. The Morgan fingerprint density at radius 1 is 1.12 bits per heavy atom. The number of hydrogen-bond acceptors (Lipinski definition) is 2. The van der Waals surface area contributed by atoms with Gasteiger partial charge in [-0.3, -0.25) is 9.67 Å². The third kappa shape index (κ3) is 1.85. The van der Waals surface area contributed by atoms with Crippen molar-refractivity contribution in [2.24, 2.45) is 0 Å². The van der Waals surface area contributed by atoms with Crippen LogP contribution in [0.5, 0.6) is 0 Å². The van der Waals surface area contributed by atoms with Gasteiger partial charge in [-0.2, -0.15) is 5.10 Å². The summed E-state index contributed by atoms with van der Waals surface area (Å²) >= 11 is 0. The van der Waals surface area contributed by atoms with Crippen LogP contribution in [0.15, 0.2) is 24.5 Å². The van der Waals surface area contributed by atoms with Crippen molar-refractivity contribution in [3.05, 3.63) is 35.7 Å². The van der Waals surface area contributed by atoms with Crippen LogP contribution in [-0.2, 0) is 0 Å². The molecule has 0 aliphatic heterocycles. The van der Waals surface area contributed by atoms with Crippen LogP contribution in [0.2, 0.25) is 0 Å². The monoisotopic (exact) mass is 215 g/mol. The van der Waals surface area contributed by atoms with Crippen molar-refractivity contribution in [2.75, 3.05) is 0 Å². The SMILES string of the molecule is Cc1cccnc1-c1nn(C(C)C)cc1C. The molecule has 2 heterocycles. The Labute approximate surface area is 96.1 Å². The van der Waals surface area contributed by atoms with Gasteiger partial charge in [-0.05, 0) is 44.9 Å². The van der Waals surface area contributed by atoms with Crippen LogP contribution in [0.3, 0.4) is 0 Å². The Balaban J connectivity index is 2.52. The normalized spacial score (nSPS) is 11.1. The van der Waals surface area contributed by atoms with E-state index in [0.717, 1.165) is 11.4 Å². The number of pyridine rings is 1. The van der Waals surface area contributed by atoms with Crippen LogP contribution >= 0.6 is 0 Å². The summed E-state index contributed by atoms with van der Waals surface area (Å²) in [4.78, 5) is 4.41. The second-order valence-corrected chi connectivity index (χ2v) is 4.40. The van der Waals surface area contributed by atoms with E-state index >= 15 is 0 Å². The summed E-state index contributed by atoms with van der Waals surface area (Å²) in [6, 6.07) is 4.40. The molecule has 2 aromatic rings. The quantitative estimate of drug-likeness (QED) is 0.770. The standard InChI is InChI=1S/C13H17N3/c1-9(2)16-8-11(4)13(15-16)12-10(3)6-5-7-14-12/h5-9H,1-4H3. The highest BCUT2D eigenvalue weighted by molar-refractivity contribution is 5.61. The minimum Gasteiger partial charge on any atom is -0.269 e. The zero-order valence-electron chi connectivity index (χ0n) is 10.2. The van der Waals surface area contributed by atoms with Crippen molar-refractivity contribution in [2.45, 2.75) is 33.7 Å². The molecule has 2 rings (SSSR count). The lowest BCUT2D eigenvalue weighted by Crippen LogP contribution is -2.01. The molecule has 0 saturated heterocycles. The van der Waals surface area contributed by atoms with Gasteiger partial charge < -0.3 is 0 Å². The molecular formula is C13H17N3. The molecule has 3 heteroatoms. The first kappa shape index (κ1) is 10.9. The van der Waals surface area contributed by atoms with Gasteiger partial charge in [0.05, 0.1) is 5.69 Å². The summed E-state index contributed by atoms with van der Waals surface area (Å²) in [6.07, 6.45) is 3.89. The largest absolute Gasteiger partial charge is 0.269 e. The van der Waals surface area contributed by atoms with Gasteiger partial charge in [0.1, 0.15) is 5.69 Å². The Morgan fingerprint density at radius 3 is 2.44 bits per heavy atom. The van der Waals surface area contributed by atoms with Crippen LogP contribution < -0.4 is 0 Å². The fourth-order valence-electron chi connectivity index (χ4n) is 1.72. The highest BCUT2D eigenvalue weighted by Gasteiger charge is 2.12. The zero-order chi connectivity index (χ0) is 11.7. The molecule has 0 fully saturated rings. The average molecular weight is 215 g/mol. The maximum Gasteiger partial charge on any atom is 0.114 e. The first-order valence-corrected chi connectivity index (χ1v) is 5.57. The van der Waals surface area contributed by atoms with Crippen molar-refractivity contribution in [3.63, 3.8) is 0 Å². The molecule has 84 valence electrons. The third-order valence-electron chi connectivity index (χ3n) is 2.68. The molecule has 0 aliphatic carbocycles. The Hall–Kier alpha value is -1.64. The van der Waals surface area contributed by atoms with Crippen molar-refractivity contribution in [1.29, 1.82) is 0 Å². The predicted octanol–water partition coefficient (Wildman–Crippen LogP) is 3.14. The van der Waals surface area contributed by atoms with E-state index in [4.69, 9.17) is 0 Å². The summed E-state index contributed by atoms with van der Waals surface area (Å²) in [6.45, 7) is 8.40. The molecule has 2 aromatic heterocycles. The lowest BCUT2D eigenvalue weighted by atomic mass is 10.1. The second-order valence-electron chi connectivity index (χ2n) is 4.40. The van der Waals surface area contributed by atoms with Gasteiger partial charge >= 0.3 is 0 Å². The highest BCUT2D eigenvalue weighted by atomic mass is 15.3. The molecule has 0 atom stereocenters. The maximum absolute atomic E-state index is 4.59. The van der Waals surface area contributed by atoms with Crippen LogP contribution in [0.25, 0.3) is 11.4 Å². The maximum atomic E-state index is 4.59. The fourth-order valence-corrected chi connectivity index (χ4v) is 1.72. The molecule has 3 nitrogen and oxygen atoms in total. The first-order chi connectivity index (χ1) is 7.59. The minimum absolute atomic E-state index is 0.386. The topological polar surface area (TPSA) is 30.7 Å². The number of aryl methyl sites for hydroxylation is 2. The predicted molar refractivity (Wildman–Crippen MR) is 65.3 cm³/mol. The molecule has 0 bridgehead atoms. The Bertz CT molecular complexity index is 498. The number of nitrogens with zero attached hydrogens (tertiary/aromatic N) is 3. The molecule has 0 aromatic carbocycles. The molecule has 0 spiro atoms. The molecule has 0 saturated carbocycles. The van der Waals surface area contributed by atoms with E-state index in [1.165, 1.54) is 11.1 Å². The third-order valence-corrected chi connectivity index (χ3v) is 2.68. The Kier molecular flexibility index (Phi) is 2.77. The first-order valence-electron chi connectivity index (χ1n) is 5.57. The summed E-state index contributed by atoms with van der Waals surface area (Å²) < 4.78 is 1.98. The van der Waals surface area contributed by atoms with E-state index < -0.39 is 0 Å². The smallest absolute Gasteiger partial charge is 0.114 e. The summed E-state index contributed by atoms with van der Waals surface area (Å²) in [5.41, 5.74) is 4.32. The molecule has 0 aliphatic rings. The lowest BCUT2D eigenvalue weighted by molar-refractivity contribution is 0.533. The second kappa shape index (κ2) is 4.08. The van der Waals surface area contributed by atoms with Crippen molar-refractivity contribution < 1.29 is 0 Å². The van der Waals surface area contributed by atoms with Gasteiger partial charge in [0.15, 0.2) is 0 Å². The van der Waals surface area contributed by atoms with Crippen LogP contribution in [0.4, 0.5) is 0 Å². The van der Waals surface area contributed by atoms with Gasteiger partial charge in [0.25, 0.3) is 0 Å². The van der Waals surface area contributed by atoms with Gasteiger partial charge in [-0.15, -0.1) is 0 Å². The van der Waals surface area contributed by atoms with Gasteiger partial charge in [-0.25, -0.2) is 0 Å². The van der Waals surface area contributed by atoms with E-state index in [-0.39, 0.29) is 0 Å². The van der Waals surface area contributed by atoms with Gasteiger partial charge in [-0.1, -0.05) is 6.07 Å². The average Bonchev–Trinajstić information content (AvgIpc) is 2.61. The van der Waals surface area contributed by atoms with E-state index in [1.54, 1.807) is 0 Å². The van der Waals surface area contributed by atoms with Crippen LogP contribution in [-0.4, -0.2) is 14.8 Å². The molecule has 0 radical (unpaired) electrons. The summed E-state index contributed by atoms with van der Waals surface area (Å²) in [5, 5.41) is 4.59. The Morgan fingerprint density at radius 2 is 1.88 bits per heavy atom. The number of aromatic nitrogens is 3. The minimum atomic E-state index is 0.386. The van der Waals surface area contributed by atoms with E-state index in [2.05, 4.69) is 50.0 Å². The van der Waals surface area contributed by atoms with Crippen molar-refractivity contribution >= 4 is 0 Å². The molecule has 0 unspecified atom stereocenters. The molecule has 0 amide bonds. The lowest BCUT2D eigenvalue weighted by Gasteiger charge is -2.04. The molecule has 0 N–H and O–H groups in total. The van der Waals surface area contributed by atoms with E-state index in [1.807, 2.05) is 16.9 Å². The molecule has 16 heavy (non-hydrogen) atoms. The highest BCUT2D eigenvalue weighted by Crippen LogP contribution is 2.23. The van der Waals surface area contributed by atoms with Crippen LogP contribution in [0, 0.1) is 13.8 Å². The van der Waals surface area contributed by atoms with Gasteiger partial charge in [0, 0.05) is 18.4 Å². The summed E-state index contributed by atoms with van der Waals surface area (Å²) in [5.74, 6) is 0. The van der Waals surface area contributed by atoms with E-state index in [9.17, 15) is 0 Å². The van der Waals surface area contributed by atoms with Gasteiger partial charge in [0.2, 0.25) is 0 Å².